The van der Waals surface area contributed by atoms with Gasteiger partial charge in [0.25, 0.3) is 0 Å². The summed E-state index contributed by atoms with van der Waals surface area (Å²) < 4.78 is 30.4. The van der Waals surface area contributed by atoms with Gasteiger partial charge in [-0.2, -0.15) is 8.78 Å². The van der Waals surface area contributed by atoms with E-state index in [2.05, 4.69) is 22.0 Å². The molecule has 0 bridgehead atoms. The molecular formula is C11H18F2N2O2. The van der Waals surface area contributed by atoms with Gasteiger partial charge in [0.15, 0.2) is 0 Å². The number of carbonyl (C=O) groups excluding carboxylic acids is 1. The molecule has 0 saturated carbocycles. The summed E-state index contributed by atoms with van der Waals surface area (Å²) in [4.78, 5) is 13.0. The van der Waals surface area contributed by atoms with Crippen LogP contribution in [0.5, 0.6) is 0 Å². The Balaban J connectivity index is 1.71. The lowest BCUT2D eigenvalue weighted by atomic mass is 10.1. The average Bonchev–Trinajstić information content (AvgIpc) is 2.52. The molecule has 2 heterocycles. The largest absolute Gasteiger partial charge is 0.456 e. The number of cyclic esters (lactones) is 1. The van der Waals surface area contributed by atoms with Crippen molar-refractivity contribution in [3.63, 3.8) is 0 Å². The molecule has 0 aromatic rings. The van der Waals surface area contributed by atoms with E-state index in [1.807, 2.05) is 0 Å². The second-order valence-corrected chi connectivity index (χ2v) is 4.92. The van der Waals surface area contributed by atoms with Gasteiger partial charge in [-0.1, -0.05) is 0 Å². The van der Waals surface area contributed by atoms with Crippen LogP contribution in [0.25, 0.3) is 0 Å². The van der Waals surface area contributed by atoms with E-state index in [1.54, 1.807) is 0 Å². The van der Waals surface area contributed by atoms with Crippen LogP contribution in [0.15, 0.2) is 0 Å². The van der Waals surface area contributed by atoms with Crippen LogP contribution in [0.2, 0.25) is 0 Å². The maximum atomic E-state index is 12.9. The summed E-state index contributed by atoms with van der Waals surface area (Å²) >= 11 is 0. The zero-order chi connectivity index (χ0) is 12.5. The Bertz CT molecular complexity index is 291. The summed E-state index contributed by atoms with van der Waals surface area (Å²) in [6.45, 7) is 2.35. The van der Waals surface area contributed by atoms with Gasteiger partial charge in [0.2, 0.25) is 0 Å². The van der Waals surface area contributed by atoms with E-state index < -0.39 is 24.4 Å². The summed E-state index contributed by atoms with van der Waals surface area (Å²) in [6.07, 6.45) is 0.837. The van der Waals surface area contributed by atoms with Crippen molar-refractivity contribution in [1.29, 1.82) is 0 Å². The predicted molar refractivity (Wildman–Crippen MR) is 58.0 cm³/mol. The SMILES string of the molecule is CN1CCC(NCC2CC(F)(F)C(=O)O2)CC1. The summed E-state index contributed by atoms with van der Waals surface area (Å²) in [5.74, 6) is -4.67. The number of ether oxygens (including phenoxy) is 1. The molecule has 0 aromatic heterocycles. The number of piperidine rings is 1. The fourth-order valence-corrected chi connectivity index (χ4v) is 2.27. The third-order valence-corrected chi connectivity index (χ3v) is 3.41. The molecule has 0 amide bonds. The highest BCUT2D eigenvalue weighted by Gasteiger charge is 2.50. The normalized spacial score (nSPS) is 30.5. The van der Waals surface area contributed by atoms with E-state index in [4.69, 9.17) is 0 Å². The van der Waals surface area contributed by atoms with E-state index in [1.165, 1.54) is 0 Å². The molecule has 0 radical (unpaired) electrons. The van der Waals surface area contributed by atoms with Gasteiger partial charge >= 0.3 is 11.9 Å². The quantitative estimate of drug-likeness (QED) is 0.743. The van der Waals surface area contributed by atoms with Crippen molar-refractivity contribution in [2.24, 2.45) is 0 Å². The number of nitrogens with one attached hydrogen (secondary N) is 1. The molecule has 2 fully saturated rings. The first kappa shape index (κ1) is 12.7. The van der Waals surface area contributed by atoms with Gasteiger partial charge in [0.05, 0.1) is 6.42 Å². The van der Waals surface area contributed by atoms with Crippen LogP contribution in [0.4, 0.5) is 8.78 Å². The standard InChI is InChI=1S/C11H18F2N2O2/c1-15-4-2-8(3-5-15)14-7-9-6-11(12,13)10(16)17-9/h8-9,14H,2-7H2,1H3. The van der Waals surface area contributed by atoms with Gasteiger partial charge in [-0.3, -0.25) is 0 Å². The maximum absolute atomic E-state index is 12.9. The predicted octanol–water partition coefficient (Wildman–Crippen LogP) is 0.621. The number of nitrogens with zero attached hydrogens (tertiary/aromatic N) is 1. The molecule has 17 heavy (non-hydrogen) atoms. The number of halogens is 2. The Labute approximate surface area is 99.3 Å². The van der Waals surface area contributed by atoms with E-state index in [0.29, 0.717) is 12.6 Å². The number of alkyl halides is 2. The van der Waals surface area contributed by atoms with Crippen LogP contribution < -0.4 is 5.32 Å². The Morgan fingerprint density at radius 3 is 2.65 bits per heavy atom. The Morgan fingerprint density at radius 2 is 2.12 bits per heavy atom. The zero-order valence-electron chi connectivity index (χ0n) is 9.92. The Morgan fingerprint density at radius 1 is 1.47 bits per heavy atom. The molecule has 0 spiro atoms. The van der Waals surface area contributed by atoms with Gasteiger partial charge in [0.1, 0.15) is 6.10 Å². The molecule has 1 unspecified atom stereocenters. The lowest BCUT2D eigenvalue weighted by Crippen LogP contribution is -2.43. The summed E-state index contributed by atoms with van der Waals surface area (Å²) in [7, 11) is 2.07. The number of carbonyl (C=O) groups is 1. The van der Waals surface area contributed by atoms with Crippen LogP contribution in [-0.4, -0.2) is 55.6 Å². The second kappa shape index (κ2) is 4.86. The van der Waals surface area contributed by atoms with Gasteiger partial charge in [-0.05, 0) is 33.0 Å². The van der Waals surface area contributed by atoms with Crippen LogP contribution in [0.1, 0.15) is 19.3 Å². The first-order valence-electron chi connectivity index (χ1n) is 5.98. The smallest absolute Gasteiger partial charge is 0.377 e. The molecule has 6 heteroatoms. The molecule has 0 aliphatic carbocycles. The molecule has 98 valence electrons. The highest BCUT2D eigenvalue weighted by molar-refractivity contribution is 5.79. The fourth-order valence-electron chi connectivity index (χ4n) is 2.27. The zero-order valence-corrected chi connectivity index (χ0v) is 9.92. The average molecular weight is 248 g/mol. The van der Waals surface area contributed by atoms with Crippen LogP contribution >= 0.6 is 0 Å². The number of esters is 1. The lowest BCUT2D eigenvalue weighted by molar-refractivity contribution is -0.159. The molecule has 1 N–H and O–H groups in total. The Kier molecular flexibility index (Phi) is 3.63. The van der Waals surface area contributed by atoms with Crippen molar-refractivity contribution in [1.82, 2.24) is 10.2 Å². The molecule has 2 saturated heterocycles. The lowest BCUT2D eigenvalue weighted by Gasteiger charge is -2.30. The molecular weight excluding hydrogens is 230 g/mol. The van der Waals surface area contributed by atoms with E-state index in [0.717, 1.165) is 25.9 Å². The minimum atomic E-state index is -3.29. The van der Waals surface area contributed by atoms with Crippen LogP contribution in [0, 0.1) is 0 Å². The van der Waals surface area contributed by atoms with E-state index in [9.17, 15) is 13.6 Å². The van der Waals surface area contributed by atoms with Crippen molar-refractivity contribution in [3.8, 4) is 0 Å². The molecule has 2 aliphatic rings. The summed E-state index contributed by atoms with van der Waals surface area (Å²) in [6, 6.07) is 0.346. The number of likely N-dealkylation sites (tertiary alicyclic amines) is 1. The first-order valence-corrected chi connectivity index (χ1v) is 5.98. The highest BCUT2D eigenvalue weighted by Crippen LogP contribution is 2.30. The topological polar surface area (TPSA) is 41.6 Å². The monoisotopic (exact) mass is 248 g/mol. The number of hydrogen-bond acceptors (Lipinski definition) is 4. The minimum absolute atomic E-state index is 0.329. The highest BCUT2D eigenvalue weighted by atomic mass is 19.3. The van der Waals surface area contributed by atoms with Crippen molar-refractivity contribution in [2.45, 2.75) is 37.3 Å². The molecule has 2 rings (SSSR count). The van der Waals surface area contributed by atoms with Crippen LogP contribution in [-0.2, 0) is 9.53 Å². The molecule has 2 aliphatic heterocycles. The number of rotatable bonds is 3. The minimum Gasteiger partial charge on any atom is -0.456 e. The van der Waals surface area contributed by atoms with Crippen molar-refractivity contribution in [2.75, 3.05) is 26.7 Å². The summed E-state index contributed by atoms with van der Waals surface area (Å²) in [5, 5.41) is 3.21. The van der Waals surface area contributed by atoms with Gasteiger partial charge in [0, 0.05) is 12.6 Å². The fraction of sp³-hybridized carbons (Fsp3) is 0.909. The van der Waals surface area contributed by atoms with Crippen molar-refractivity contribution < 1.29 is 18.3 Å². The van der Waals surface area contributed by atoms with E-state index in [-0.39, 0.29) is 0 Å². The van der Waals surface area contributed by atoms with Gasteiger partial charge in [-0.25, -0.2) is 4.79 Å². The molecule has 0 aromatic carbocycles. The maximum Gasteiger partial charge on any atom is 0.377 e. The first-order chi connectivity index (χ1) is 7.97. The third-order valence-electron chi connectivity index (χ3n) is 3.41. The molecule has 1 atom stereocenters. The summed E-state index contributed by atoms with van der Waals surface area (Å²) in [5.41, 5.74) is 0. The Hall–Kier alpha value is -0.750. The van der Waals surface area contributed by atoms with Crippen molar-refractivity contribution in [3.05, 3.63) is 0 Å². The second-order valence-electron chi connectivity index (χ2n) is 4.92. The third kappa shape index (κ3) is 3.13. The van der Waals surface area contributed by atoms with Gasteiger partial charge in [-0.15, -0.1) is 0 Å². The number of hydrogen-bond donors (Lipinski definition) is 1. The van der Waals surface area contributed by atoms with E-state index >= 15 is 0 Å². The molecule has 4 nitrogen and oxygen atoms in total. The van der Waals surface area contributed by atoms with Crippen LogP contribution in [0.3, 0.4) is 0 Å². The van der Waals surface area contributed by atoms with Crippen molar-refractivity contribution >= 4 is 5.97 Å². The van der Waals surface area contributed by atoms with Gasteiger partial charge < -0.3 is 15.0 Å².